The molecule has 1 aliphatic heterocycles. The number of aryl methyl sites for hydroxylation is 2. The average molecular weight is 383 g/mol. The molecule has 1 fully saturated rings. The van der Waals surface area contributed by atoms with Crippen molar-refractivity contribution < 1.29 is 0 Å². The summed E-state index contributed by atoms with van der Waals surface area (Å²) in [6.45, 7) is 4.32. The lowest BCUT2D eigenvalue weighted by Gasteiger charge is -2.26. The zero-order valence-corrected chi connectivity index (χ0v) is 16.9. The van der Waals surface area contributed by atoms with Crippen LogP contribution < -0.4 is 0 Å². The third kappa shape index (κ3) is 3.54. The Bertz CT molecular complexity index is 1160. The minimum atomic E-state index is 0.443. The van der Waals surface area contributed by atoms with Crippen LogP contribution in [0.25, 0.3) is 22.2 Å². The van der Waals surface area contributed by atoms with Gasteiger partial charge >= 0.3 is 0 Å². The van der Waals surface area contributed by atoms with Crippen molar-refractivity contribution in [1.29, 1.82) is 0 Å². The Morgan fingerprint density at radius 3 is 2.66 bits per heavy atom. The van der Waals surface area contributed by atoms with Gasteiger partial charge < -0.3 is 0 Å². The van der Waals surface area contributed by atoms with Crippen LogP contribution in [0.4, 0.5) is 0 Å². The Labute approximate surface area is 171 Å². The maximum atomic E-state index is 4.49. The molecule has 1 aliphatic rings. The van der Waals surface area contributed by atoms with Crippen molar-refractivity contribution in [3.8, 4) is 11.1 Å². The molecule has 0 radical (unpaired) electrons. The summed E-state index contributed by atoms with van der Waals surface area (Å²) in [6.07, 6.45) is 9.93. The summed E-state index contributed by atoms with van der Waals surface area (Å²) in [4.78, 5) is 11.5. The predicted molar refractivity (Wildman–Crippen MR) is 115 cm³/mol. The first-order chi connectivity index (χ1) is 14.2. The summed E-state index contributed by atoms with van der Waals surface area (Å²) in [6, 6.07) is 13.8. The van der Waals surface area contributed by atoms with Gasteiger partial charge in [0.1, 0.15) is 0 Å². The fourth-order valence-electron chi connectivity index (χ4n) is 4.42. The minimum Gasteiger partial charge on any atom is -0.292 e. The minimum absolute atomic E-state index is 0.443. The SMILES string of the molecule is Cc1cc(-c2cnn(C)c2)ccc1CN1CCC[C@@H]1c1ccc2nccnc2c1. The maximum Gasteiger partial charge on any atom is 0.0890 e. The molecule has 2 aromatic carbocycles. The van der Waals surface area contributed by atoms with Crippen LogP contribution in [0.3, 0.4) is 0 Å². The highest BCUT2D eigenvalue weighted by Gasteiger charge is 2.26. The second-order valence-electron chi connectivity index (χ2n) is 7.98. The molecule has 2 aromatic heterocycles. The van der Waals surface area contributed by atoms with E-state index in [9.17, 15) is 0 Å². The van der Waals surface area contributed by atoms with Crippen LogP contribution >= 0.6 is 0 Å². The Kier molecular flexibility index (Phi) is 4.60. The van der Waals surface area contributed by atoms with Crippen molar-refractivity contribution in [3.63, 3.8) is 0 Å². The van der Waals surface area contributed by atoms with Crippen LogP contribution in [-0.4, -0.2) is 31.2 Å². The molecule has 1 saturated heterocycles. The molecule has 3 heterocycles. The van der Waals surface area contributed by atoms with E-state index >= 15 is 0 Å². The summed E-state index contributed by atoms with van der Waals surface area (Å²) >= 11 is 0. The van der Waals surface area contributed by atoms with E-state index in [1.54, 1.807) is 12.4 Å². The normalized spacial score (nSPS) is 17.2. The van der Waals surface area contributed by atoms with Gasteiger partial charge in [-0.1, -0.05) is 24.3 Å². The molecule has 0 aliphatic carbocycles. The van der Waals surface area contributed by atoms with Gasteiger partial charge in [-0.25, -0.2) is 0 Å². The summed E-state index contributed by atoms with van der Waals surface area (Å²) in [5, 5.41) is 4.29. The van der Waals surface area contributed by atoms with Gasteiger partial charge in [0.15, 0.2) is 0 Å². The molecule has 5 heteroatoms. The monoisotopic (exact) mass is 383 g/mol. The zero-order valence-electron chi connectivity index (χ0n) is 16.9. The van der Waals surface area contributed by atoms with Crippen LogP contribution in [0.1, 0.15) is 35.6 Å². The molecule has 0 spiro atoms. The molecule has 0 amide bonds. The molecule has 5 rings (SSSR count). The second-order valence-corrected chi connectivity index (χ2v) is 7.98. The maximum absolute atomic E-state index is 4.49. The number of fused-ring (bicyclic) bond motifs is 1. The van der Waals surface area contributed by atoms with Crippen LogP contribution in [0.5, 0.6) is 0 Å². The van der Waals surface area contributed by atoms with E-state index in [2.05, 4.69) is 69.5 Å². The lowest BCUT2D eigenvalue weighted by atomic mass is 10.00. The third-order valence-corrected chi connectivity index (χ3v) is 6.00. The van der Waals surface area contributed by atoms with Crippen molar-refractivity contribution in [2.45, 2.75) is 32.4 Å². The van der Waals surface area contributed by atoms with Crippen LogP contribution in [0.2, 0.25) is 0 Å². The van der Waals surface area contributed by atoms with E-state index in [0.29, 0.717) is 6.04 Å². The number of aromatic nitrogens is 4. The van der Waals surface area contributed by atoms with Crippen LogP contribution in [0.15, 0.2) is 61.2 Å². The Balaban J connectivity index is 1.39. The summed E-state index contributed by atoms with van der Waals surface area (Å²) in [5.41, 5.74) is 8.41. The van der Waals surface area contributed by atoms with Crippen molar-refractivity contribution in [2.75, 3.05) is 6.54 Å². The van der Waals surface area contributed by atoms with Gasteiger partial charge in [-0.3, -0.25) is 19.5 Å². The van der Waals surface area contributed by atoms with E-state index in [0.717, 1.165) is 24.1 Å². The highest BCUT2D eigenvalue weighted by molar-refractivity contribution is 5.74. The molecular formula is C24H25N5. The third-order valence-electron chi connectivity index (χ3n) is 6.00. The highest BCUT2D eigenvalue weighted by atomic mass is 15.2. The first-order valence-electron chi connectivity index (χ1n) is 10.2. The van der Waals surface area contributed by atoms with E-state index < -0.39 is 0 Å². The Morgan fingerprint density at radius 2 is 1.86 bits per heavy atom. The standard InChI is InChI=1S/C24H25N5/c1-17-12-18(21-14-27-28(2)15-21)5-6-20(17)16-29-11-3-4-24(29)19-7-8-22-23(13-19)26-10-9-25-22/h5-10,12-15,24H,3-4,11,16H2,1-2H3/t24-/m1/s1. The van der Waals surface area contributed by atoms with Crippen molar-refractivity contribution in [3.05, 3.63) is 77.9 Å². The van der Waals surface area contributed by atoms with Crippen LogP contribution in [0, 0.1) is 6.92 Å². The lowest BCUT2D eigenvalue weighted by molar-refractivity contribution is 0.248. The van der Waals surface area contributed by atoms with Gasteiger partial charge in [0.05, 0.1) is 17.2 Å². The van der Waals surface area contributed by atoms with Crippen LogP contribution in [-0.2, 0) is 13.6 Å². The van der Waals surface area contributed by atoms with Crippen molar-refractivity contribution in [1.82, 2.24) is 24.6 Å². The largest absolute Gasteiger partial charge is 0.292 e. The highest BCUT2D eigenvalue weighted by Crippen LogP contribution is 2.35. The number of benzene rings is 2. The fourth-order valence-corrected chi connectivity index (χ4v) is 4.42. The molecule has 0 saturated carbocycles. The summed E-state index contributed by atoms with van der Waals surface area (Å²) < 4.78 is 1.85. The van der Waals surface area contributed by atoms with E-state index in [4.69, 9.17) is 0 Å². The molecule has 0 bridgehead atoms. The van der Waals surface area contributed by atoms with Gasteiger partial charge in [-0.2, -0.15) is 5.10 Å². The number of nitrogens with zero attached hydrogens (tertiary/aromatic N) is 5. The molecule has 5 nitrogen and oxygen atoms in total. The molecule has 0 N–H and O–H groups in total. The number of likely N-dealkylation sites (tertiary alicyclic amines) is 1. The molecule has 29 heavy (non-hydrogen) atoms. The lowest BCUT2D eigenvalue weighted by Crippen LogP contribution is -2.23. The van der Waals surface area contributed by atoms with Crippen molar-refractivity contribution in [2.24, 2.45) is 7.05 Å². The van der Waals surface area contributed by atoms with Gasteiger partial charge in [0.25, 0.3) is 0 Å². The fraction of sp³-hybridized carbons (Fsp3) is 0.292. The van der Waals surface area contributed by atoms with Gasteiger partial charge in [-0.15, -0.1) is 0 Å². The molecule has 1 atom stereocenters. The number of rotatable bonds is 4. The number of hydrogen-bond acceptors (Lipinski definition) is 4. The summed E-state index contributed by atoms with van der Waals surface area (Å²) in [7, 11) is 1.95. The average Bonchev–Trinajstić information content (AvgIpc) is 3.38. The predicted octanol–water partition coefficient (Wildman–Crippen LogP) is 4.68. The van der Waals surface area contributed by atoms with E-state index in [1.165, 1.54) is 40.7 Å². The molecular weight excluding hydrogens is 358 g/mol. The summed E-state index contributed by atoms with van der Waals surface area (Å²) in [5.74, 6) is 0. The molecule has 4 aromatic rings. The topological polar surface area (TPSA) is 46.8 Å². The molecule has 0 unspecified atom stereocenters. The van der Waals surface area contributed by atoms with E-state index in [-0.39, 0.29) is 0 Å². The molecule has 146 valence electrons. The second kappa shape index (κ2) is 7.41. The smallest absolute Gasteiger partial charge is 0.0890 e. The quantitative estimate of drug-likeness (QED) is 0.513. The first-order valence-corrected chi connectivity index (χ1v) is 10.2. The first kappa shape index (κ1) is 18.0. The van der Waals surface area contributed by atoms with Gasteiger partial charge in [0, 0.05) is 43.8 Å². The number of hydrogen-bond donors (Lipinski definition) is 0. The van der Waals surface area contributed by atoms with Crippen molar-refractivity contribution >= 4 is 11.0 Å². The van der Waals surface area contributed by atoms with E-state index in [1.807, 2.05) is 17.9 Å². The van der Waals surface area contributed by atoms with Gasteiger partial charge in [0.2, 0.25) is 0 Å². The zero-order chi connectivity index (χ0) is 19.8. The Morgan fingerprint density at radius 1 is 1.00 bits per heavy atom. The van der Waals surface area contributed by atoms with Gasteiger partial charge in [-0.05, 0) is 60.7 Å². The Hall–Kier alpha value is -3.05.